The predicted octanol–water partition coefficient (Wildman–Crippen LogP) is 8.27. The SMILES string of the molecule is CCCC(C)(C)CCC(C)(C)COCC(C)(C)CCC(C)(C)CCC. The van der Waals surface area contributed by atoms with Gasteiger partial charge in [0.1, 0.15) is 0 Å². The van der Waals surface area contributed by atoms with Crippen LogP contribution in [0.5, 0.6) is 0 Å². The fourth-order valence-corrected chi connectivity index (χ4v) is 3.71. The van der Waals surface area contributed by atoms with Crippen molar-refractivity contribution >= 4 is 0 Å². The van der Waals surface area contributed by atoms with Crippen LogP contribution in [0, 0.1) is 21.7 Å². The molecule has 0 aliphatic rings. The minimum Gasteiger partial charge on any atom is -0.380 e. The topological polar surface area (TPSA) is 9.23 Å². The fraction of sp³-hybridized carbons (Fsp3) is 1.00. The fourth-order valence-electron chi connectivity index (χ4n) is 3.71. The van der Waals surface area contributed by atoms with Crippen molar-refractivity contribution in [3.05, 3.63) is 0 Å². The highest BCUT2D eigenvalue weighted by Gasteiger charge is 2.27. The Balaban J connectivity index is 4.24. The third-order valence-electron chi connectivity index (χ3n) is 5.80. The van der Waals surface area contributed by atoms with E-state index in [1.165, 1.54) is 51.4 Å². The molecule has 0 aromatic carbocycles. The van der Waals surface area contributed by atoms with Crippen molar-refractivity contribution < 1.29 is 4.74 Å². The molecule has 0 radical (unpaired) electrons. The van der Waals surface area contributed by atoms with Crippen LogP contribution in [0.15, 0.2) is 0 Å². The largest absolute Gasteiger partial charge is 0.380 e. The molecule has 0 aliphatic heterocycles. The summed E-state index contributed by atoms with van der Waals surface area (Å²) < 4.78 is 6.21. The van der Waals surface area contributed by atoms with E-state index >= 15 is 0 Å². The van der Waals surface area contributed by atoms with E-state index in [4.69, 9.17) is 4.74 Å². The quantitative estimate of drug-likeness (QED) is 0.305. The van der Waals surface area contributed by atoms with Crippen LogP contribution in [0.1, 0.15) is 121 Å². The lowest BCUT2D eigenvalue weighted by Crippen LogP contribution is -2.28. The van der Waals surface area contributed by atoms with E-state index in [0.29, 0.717) is 10.8 Å². The molecule has 0 unspecified atom stereocenters. The first-order valence-electron chi connectivity index (χ1n) is 10.8. The molecule has 0 aromatic heterocycles. The molecule has 0 atom stereocenters. The van der Waals surface area contributed by atoms with Gasteiger partial charge in [0.15, 0.2) is 0 Å². The summed E-state index contributed by atoms with van der Waals surface area (Å²) in [6, 6.07) is 0. The summed E-state index contributed by atoms with van der Waals surface area (Å²) in [6.07, 6.45) is 10.3. The Kier molecular flexibility index (Phi) is 10.3. The number of hydrogen-bond acceptors (Lipinski definition) is 1. The summed E-state index contributed by atoms with van der Waals surface area (Å²) in [5.74, 6) is 0. The van der Waals surface area contributed by atoms with Gasteiger partial charge in [-0.15, -0.1) is 0 Å². The van der Waals surface area contributed by atoms with Gasteiger partial charge in [-0.2, -0.15) is 0 Å². The number of ether oxygens (including phenoxy) is 1. The molecule has 25 heavy (non-hydrogen) atoms. The Hall–Kier alpha value is -0.0400. The molecule has 0 saturated heterocycles. The van der Waals surface area contributed by atoms with E-state index in [2.05, 4.69) is 69.2 Å². The van der Waals surface area contributed by atoms with Crippen LogP contribution < -0.4 is 0 Å². The van der Waals surface area contributed by atoms with Gasteiger partial charge < -0.3 is 4.74 Å². The lowest BCUT2D eigenvalue weighted by molar-refractivity contribution is 0.00196. The van der Waals surface area contributed by atoms with Crippen molar-refractivity contribution in [3.63, 3.8) is 0 Å². The predicted molar refractivity (Wildman–Crippen MR) is 114 cm³/mol. The summed E-state index contributed by atoms with van der Waals surface area (Å²) in [5, 5.41) is 0. The molecule has 0 heterocycles. The molecule has 1 nitrogen and oxygen atoms in total. The van der Waals surface area contributed by atoms with Gasteiger partial charge in [0, 0.05) is 0 Å². The third kappa shape index (κ3) is 12.9. The zero-order valence-corrected chi connectivity index (χ0v) is 19.5. The van der Waals surface area contributed by atoms with Crippen molar-refractivity contribution in [2.75, 3.05) is 13.2 Å². The first kappa shape index (κ1) is 25.0. The lowest BCUT2D eigenvalue weighted by Gasteiger charge is -2.34. The van der Waals surface area contributed by atoms with Crippen LogP contribution in [-0.4, -0.2) is 13.2 Å². The van der Waals surface area contributed by atoms with E-state index < -0.39 is 0 Å². The number of rotatable bonds is 14. The van der Waals surface area contributed by atoms with Crippen LogP contribution in [0.2, 0.25) is 0 Å². The molecule has 1 heteroatoms. The van der Waals surface area contributed by atoms with Gasteiger partial charge in [-0.25, -0.2) is 0 Å². The summed E-state index contributed by atoms with van der Waals surface area (Å²) in [4.78, 5) is 0. The molecule has 0 amide bonds. The molecule has 0 spiro atoms. The average molecular weight is 355 g/mol. The standard InChI is InChI=1S/C24H50O/c1-11-13-21(3,4)15-17-23(7,8)19-25-20-24(9,10)18-16-22(5,6)14-12-2/h11-20H2,1-10H3. The molecule has 0 saturated carbocycles. The minimum atomic E-state index is 0.280. The summed E-state index contributed by atoms with van der Waals surface area (Å²) in [5.41, 5.74) is 1.50. The minimum absolute atomic E-state index is 0.280. The zero-order chi connectivity index (χ0) is 19.8. The zero-order valence-electron chi connectivity index (χ0n) is 19.5. The number of hydrogen-bond donors (Lipinski definition) is 0. The van der Waals surface area contributed by atoms with Gasteiger partial charge in [-0.3, -0.25) is 0 Å². The molecule has 0 rings (SSSR count). The van der Waals surface area contributed by atoms with Crippen molar-refractivity contribution in [2.24, 2.45) is 21.7 Å². The molecule has 0 aliphatic carbocycles. The van der Waals surface area contributed by atoms with Crippen LogP contribution >= 0.6 is 0 Å². The smallest absolute Gasteiger partial charge is 0.0517 e. The molecular formula is C24H50O. The van der Waals surface area contributed by atoms with Crippen molar-refractivity contribution in [1.29, 1.82) is 0 Å². The van der Waals surface area contributed by atoms with Crippen LogP contribution in [0.25, 0.3) is 0 Å². The Bertz CT molecular complexity index is 315. The maximum atomic E-state index is 6.21. The van der Waals surface area contributed by atoms with Crippen molar-refractivity contribution in [2.45, 2.75) is 121 Å². The van der Waals surface area contributed by atoms with E-state index in [9.17, 15) is 0 Å². The Morgan fingerprint density at radius 1 is 0.440 bits per heavy atom. The highest BCUT2D eigenvalue weighted by atomic mass is 16.5. The summed E-state index contributed by atoms with van der Waals surface area (Å²) in [6.45, 7) is 25.5. The highest BCUT2D eigenvalue weighted by molar-refractivity contribution is 4.78. The van der Waals surface area contributed by atoms with E-state index in [1.54, 1.807) is 0 Å². The Morgan fingerprint density at radius 3 is 1.00 bits per heavy atom. The van der Waals surface area contributed by atoms with Gasteiger partial charge in [0.2, 0.25) is 0 Å². The highest BCUT2D eigenvalue weighted by Crippen LogP contribution is 2.36. The van der Waals surface area contributed by atoms with Gasteiger partial charge in [0.05, 0.1) is 13.2 Å². The molecular weight excluding hydrogens is 304 g/mol. The second kappa shape index (κ2) is 10.3. The molecule has 152 valence electrons. The first-order chi connectivity index (χ1) is 11.2. The summed E-state index contributed by atoms with van der Waals surface area (Å²) in [7, 11) is 0. The van der Waals surface area contributed by atoms with Gasteiger partial charge in [-0.1, -0.05) is 82.1 Å². The second-order valence-corrected chi connectivity index (χ2v) is 11.6. The lowest BCUT2D eigenvalue weighted by atomic mass is 9.76. The second-order valence-electron chi connectivity index (χ2n) is 11.6. The maximum absolute atomic E-state index is 6.21. The average Bonchev–Trinajstić information content (AvgIpc) is 2.43. The van der Waals surface area contributed by atoms with Gasteiger partial charge >= 0.3 is 0 Å². The Labute approximate surface area is 160 Å². The molecule has 0 N–H and O–H groups in total. The normalized spacial score (nSPS) is 14.2. The monoisotopic (exact) mass is 354 g/mol. The molecule has 0 aromatic rings. The van der Waals surface area contributed by atoms with E-state index in [1.807, 2.05) is 0 Å². The van der Waals surface area contributed by atoms with Crippen molar-refractivity contribution in [3.8, 4) is 0 Å². The van der Waals surface area contributed by atoms with Crippen LogP contribution in [-0.2, 0) is 4.74 Å². The molecule has 0 bridgehead atoms. The van der Waals surface area contributed by atoms with Crippen LogP contribution in [0.3, 0.4) is 0 Å². The van der Waals surface area contributed by atoms with E-state index in [0.717, 1.165) is 13.2 Å². The third-order valence-corrected chi connectivity index (χ3v) is 5.80. The molecule has 0 fully saturated rings. The van der Waals surface area contributed by atoms with Crippen LogP contribution in [0.4, 0.5) is 0 Å². The Morgan fingerprint density at radius 2 is 0.720 bits per heavy atom. The summed E-state index contributed by atoms with van der Waals surface area (Å²) >= 11 is 0. The van der Waals surface area contributed by atoms with Gasteiger partial charge in [-0.05, 0) is 60.2 Å². The van der Waals surface area contributed by atoms with Gasteiger partial charge in [0.25, 0.3) is 0 Å². The first-order valence-corrected chi connectivity index (χ1v) is 10.8. The van der Waals surface area contributed by atoms with E-state index in [-0.39, 0.29) is 10.8 Å². The maximum Gasteiger partial charge on any atom is 0.0517 e. The van der Waals surface area contributed by atoms with Crippen molar-refractivity contribution in [1.82, 2.24) is 0 Å².